The van der Waals surface area contributed by atoms with Crippen molar-refractivity contribution in [3.8, 4) is 0 Å². The summed E-state index contributed by atoms with van der Waals surface area (Å²) >= 11 is 0. The van der Waals surface area contributed by atoms with Crippen LogP contribution in [0.25, 0.3) is 0 Å². The fourth-order valence-corrected chi connectivity index (χ4v) is 4.70. The van der Waals surface area contributed by atoms with E-state index in [1.807, 2.05) is 6.92 Å². The number of amides is 1. The molecule has 0 bridgehead atoms. The number of hydrogen-bond donors (Lipinski definition) is 2. The van der Waals surface area contributed by atoms with Gasteiger partial charge in [-0.05, 0) is 24.5 Å². The number of carbonyl (C=O) groups excluding carboxylic acids is 1. The number of pyridine rings is 1. The van der Waals surface area contributed by atoms with Crippen molar-refractivity contribution in [2.45, 2.75) is 37.4 Å². The lowest BCUT2D eigenvalue weighted by Crippen LogP contribution is -2.45. The molecule has 0 aromatic carbocycles. The number of hydrazone groups is 1. The lowest BCUT2D eigenvalue weighted by atomic mass is 9.85. The van der Waals surface area contributed by atoms with Crippen molar-refractivity contribution in [3.63, 3.8) is 0 Å². The molecule has 3 N–H and O–H groups in total. The van der Waals surface area contributed by atoms with Gasteiger partial charge in [0, 0.05) is 24.1 Å². The Hall–Kier alpha value is -2.24. The highest BCUT2D eigenvalue weighted by Crippen LogP contribution is 2.38. The molecular weight excluding hydrogens is 386 g/mol. The quantitative estimate of drug-likeness (QED) is 0.704. The fourth-order valence-electron chi connectivity index (χ4n) is 3.91. The third-order valence-electron chi connectivity index (χ3n) is 5.38. The van der Waals surface area contributed by atoms with Crippen molar-refractivity contribution in [1.82, 2.24) is 15.3 Å². The minimum Gasteiger partial charge on any atom is -0.453 e. The van der Waals surface area contributed by atoms with Crippen molar-refractivity contribution < 1.29 is 22.7 Å². The van der Waals surface area contributed by atoms with Gasteiger partial charge in [-0.3, -0.25) is 10.2 Å². The smallest absolute Gasteiger partial charge is 0.272 e. The summed E-state index contributed by atoms with van der Waals surface area (Å²) in [4.78, 5) is 19.0. The molecule has 0 radical (unpaired) electrons. The number of sulfonamides is 1. The normalized spacial score (nSPS) is 22.8. The molecule has 3 aliphatic heterocycles. The summed E-state index contributed by atoms with van der Waals surface area (Å²) in [5.41, 5.74) is 3.76. The molecule has 152 valence electrons. The first-order chi connectivity index (χ1) is 13.3. The van der Waals surface area contributed by atoms with Gasteiger partial charge in [0.15, 0.2) is 11.4 Å². The number of primary sulfonamides is 1. The van der Waals surface area contributed by atoms with Crippen LogP contribution in [0.1, 0.15) is 47.6 Å². The summed E-state index contributed by atoms with van der Waals surface area (Å²) in [5.74, 6) is -0.322. The van der Waals surface area contributed by atoms with Crippen LogP contribution in [0.4, 0.5) is 0 Å². The van der Waals surface area contributed by atoms with Crippen LogP contribution in [0.3, 0.4) is 0 Å². The molecule has 1 spiro atoms. The molecule has 2 fully saturated rings. The van der Waals surface area contributed by atoms with Crippen LogP contribution in [0.15, 0.2) is 16.2 Å². The summed E-state index contributed by atoms with van der Waals surface area (Å²) < 4.78 is 35.2. The zero-order valence-corrected chi connectivity index (χ0v) is 16.4. The highest BCUT2D eigenvalue weighted by atomic mass is 32.2. The number of ether oxygens (including phenoxy) is 2. The highest BCUT2D eigenvalue weighted by molar-refractivity contribution is 7.89. The SMILES string of the molecule is CCCc1c(C2NN=CO2)cc(C(=O)N2CCC3(COC3)C2)nc1S(N)(=O)=O. The molecular formula is C17H23N5O5S. The Morgan fingerprint density at radius 2 is 2.25 bits per heavy atom. The van der Waals surface area contributed by atoms with Gasteiger partial charge in [0.1, 0.15) is 5.69 Å². The number of nitrogens with one attached hydrogen (secondary N) is 1. The molecule has 2 saturated heterocycles. The summed E-state index contributed by atoms with van der Waals surface area (Å²) in [5, 5.41) is 8.96. The molecule has 1 amide bonds. The number of carbonyl (C=O) groups is 1. The van der Waals surface area contributed by atoms with E-state index in [4.69, 9.17) is 14.6 Å². The monoisotopic (exact) mass is 409 g/mol. The zero-order valence-electron chi connectivity index (χ0n) is 15.6. The second-order valence-electron chi connectivity index (χ2n) is 7.52. The maximum Gasteiger partial charge on any atom is 0.272 e. The average molecular weight is 409 g/mol. The molecule has 3 aliphatic rings. The molecule has 0 aliphatic carbocycles. The number of rotatable bonds is 5. The Morgan fingerprint density at radius 3 is 2.79 bits per heavy atom. The predicted molar refractivity (Wildman–Crippen MR) is 98.8 cm³/mol. The maximum atomic E-state index is 13.1. The summed E-state index contributed by atoms with van der Waals surface area (Å²) in [6.07, 6.45) is 2.50. The van der Waals surface area contributed by atoms with Gasteiger partial charge in [0.05, 0.1) is 13.2 Å². The molecule has 4 heterocycles. The van der Waals surface area contributed by atoms with Gasteiger partial charge in [-0.25, -0.2) is 18.5 Å². The van der Waals surface area contributed by atoms with Gasteiger partial charge in [-0.2, -0.15) is 0 Å². The van der Waals surface area contributed by atoms with Crippen LogP contribution >= 0.6 is 0 Å². The number of aromatic nitrogens is 1. The van der Waals surface area contributed by atoms with E-state index in [0.717, 1.165) is 6.42 Å². The van der Waals surface area contributed by atoms with Crippen LogP contribution in [0.5, 0.6) is 0 Å². The van der Waals surface area contributed by atoms with Gasteiger partial charge in [-0.1, -0.05) is 13.3 Å². The van der Waals surface area contributed by atoms with Crippen LogP contribution in [-0.2, 0) is 25.9 Å². The van der Waals surface area contributed by atoms with Gasteiger partial charge in [0.2, 0.25) is 6.23 Å². The first-order valence-electron chi connectivity index (χ1n) is 9.19. The third-order valence-corrected chi connectivity index (χ3v) is 6.25. The van der Waals surface area contributed by atoms with Gasteiger partial charge in [-0.15, -0.1) is 5.10 Å². The van der Waals surface area contributed by atoms with Gasteiger partial charge < -0.3 is 14.4 Å². The van der Waals surface area contributed by atoms with Crippen molar-refractivity contribution in [3.05, 3.63) is 22.9 Å². The molecule has 4 rings (SSSR count). The van der Waals surface area contributed by atoms with E-state index in [1.165, 1.54) is 6.40 Å². The lowest BCUT2D eigenvalue weighted by molar-refractivity contribution is -0.103. The minimum absolute atomic E-state index is 0.0212. The second kappa shape index (κ2) is 6.98. The molecule has 10 nitrogen and oxygen atoms in total. The Bertz CT molecular complexity index is 920. The van der Waals surface area contributed by atoms with E-state index in [2.05, 4.69) is 15.5 Å². The molecule has 1 atom stereocenters. The molecule has 28 heavy (non-hydrogen) atoms. The topological polar surface area (TPSA) is 136 Å². The van der Waals surface area contributed by atoms with Crippen molar-refractivity contribution in [1.29, 1.82) is 0 Å². The van der Waals surface area contributed by atoms with Crippen LogP contribution in [0.2, 0.25) is 0 Å². The van der Waals surface area contributed by atoms with Crippen molar-refractivity contribution in [2.24, 2.45) is 15.7 Å². The Labute approximate surface area is 163 Å². The van der Waals surface area contributed by atoms with Crippen LogP contribution in [0, 0.1) is 5.41 Å². The molecule has 0 saturated carbocycles. The van der Waals surface area contributed by atoms with Gasteiger partial charge >= 0.3 is 0 Å². The fraction of sp³-hybridized carbons (Fsp3) is 0.588. The van der Waals surface area contributed by atoms with E-state index in [1.54, 1.807) is 11.0 Å². The van der Waals surface area contributed by atoms with Gasteiger partial charge in [0.25, 0.3) is 15.9 Å². The largest absolute Gasteiger partial charge is 0.453 e. The van der Waals surface area contributed by atoms with E-state index in [0.29, 0.717) is 50.3 Å². The average Bonchev–Trinajstić information content (AvgIpc) is 3.30. The minimum atomic E-state index is -4.13. The second-order valence-corrected chi connectivity index (χ2v) is 9.00. The van der Waals surface area contributed by atoms with E-state index < -0.39 is 16.3 Å². The number of nitrogens with zero attached hydrogens (tertiary/aromatic N) is 3. The Morgan fingerprint density at radius 1 is 1.46 bits per heavy atom. The van der Waals surface area contributed by atoms with Crippen LogP contribution < -0.4 is 10.6 Å². The Balaban J connectivity index is 1.74. The molecule has 1 aromatic rings. The molecule has 1 aromatic heterocycles. The first kappa shape index (κ1) is 19.1. The first-order valence-corrected chi connectivity index (χ1v) is 10.7. The maximum absolute atomic E-state index is 13.1. The number of likely N-dealkylation sites (tertiary alicyclic amines) is 1. The Kier molecular flexibility index (Phi) is 4.76. The summed E-state index contributed by atoms with van der Waals surface area (Å²) in [6.45, 7) is 4.36. The van der Waals surface area contributed by atoms with E-state index >= 15 is 0 Å². The zero-order chi connectivity index (χ0) is 19.9. The summed E-state index contributed by atoms with van der Waals surface area (Å²) in [6, 6.07) is 1.58. The lowest BCUT2D eigenvalue weighted by Gasteiger charge is -2.37. The van der Waals surface area contributed by atoms with E-state index in [9.17, 15) is 13.2 Å². The predicted octanol–water partition coefficient (Wildman–Crippen LogP) is 0.106. The number of hydrogen-bond acceptors (Lipinski definition) is 8. The molecule has 1 unspecified atom stereocenters. The number of nitrogens with two attached hydrogens (primary N) is 1. The highest BCUT2D eigenvalue weighted by Gasteiger charge is 2.46. The summed E-state index contributed by atoms with van der Waals surface area (Å²) in [7, 11) is -4.13. The molecule has 11 heteroatoms. The van der Waals surface area contributed by atoms with Crippen molar-refractivity contribution in [2.75, 3.05) is 26.3 Å². The van der Waals surface area contributed by atoms with Crippen LogP contribution in [-0.4, -0.2) is 56.9 Å². The third kappa shape index (κ3) is 3.33. The van der Waals surface area contributed by atoms with Crippen molar-refractivity contribution >= 4 is 22.3 Å². The standard InChI is InChI=1S/C17H23N5O5S/c1-2-3-11-12(14-21-19-10-27-14)6-13(20-15(11)28(18,24)25)16(23)22-5-4-17(7-22)8-26-9-17/h6,10,14,21H,2-5,7-9H2,1H3,(H2,18,24,25). The van der Waals surface area contributed by atoms with E-state index in [-0.39, 0.29) is 22.0 Å².